The van der Waals surface area contributed by atoms with Crippen LogP contribution in [-0.4, -0.2) is 30.1 Å². The number of rotatable bonds is 6. The molecule has 1 aromatic heterocycles. The maximum atomic E-state index is 11.4. The molecule has 0 amide bonds. The Hall–Kier alpha value is -2.35. The predicted octanol–water partition coefficient (Wildman–Crippen LogP) is 2.39. The molecule has 0 spiro atoms. The van der Waals surface area contributed by atoms with Crippen molar-refractivity contribution in [1.82, 2.24) is 10.2 Å². The molecule has 2 rings (SSSR count). The molecule has 8 heteroatoms. The van der Waals surface area contributed by atoms with Gasteiger partial charge in [0.05, 0.1) is 31.8 Å². The number of benzene rings is 1. The number of aromatic amines is 1. The highest BCUT2D eigenvalue weighted by molar-refractivity contribution is 9.10. The normalized spacial score (nSPS) is 10.7. The second-order valence-electron chi connectivity index (χ2n) is 4.14. The van der Waals surface area contributed by atoms with Crippen LogP contribution in [0.1, 0.15) is 12.5 Å². The van der Waals surface area contributed by atoms with Crippen molar-refractivity contribution in [3.8, 4) is 11.5 Å². The van der Waals surface area contributed by atoms with Crippen LogP contribution >= 0.6 is 15.9 Å². The fraction of sp³-hybridized carbons (Fsp3) is 0.214. The molecule has 22 heavy (non-hydrogen) atoms. The first kappa shape index (κ1) is 16.0. The Kier molecular flexibility index (Phi) is 5.54. The first-order valence-corrected chi connectivity index (χ1v) is 7.28. The fourth-order valence-corrected chi connectivity index (χ4v) is 1.96. The van der Waals surface area contributed by atoms with Crippen molar-refractivity contribution in [1.29, 1.82) is 0 Å². The van der Waals surface area contributed by atoms with E-state index in [0.717, 1.165) is 5.56 Å². The summed E-state index contributed by atoms with van der Waals surface area (Å²) in [7, 11) is 1.58. The average molecular weight is 367 g/mol. The highest BCUT2D eigenvalue weighted by Crippen LogP contribution is 2.27. The van der Waals surface area contributed by atoms with Gasteiger partial charge in [0.1, 0.15) is 4.47 Å². The Balaban J connectivity index is 2.13. The SMILES string of the molecule is CCOc1ccc(C=NNc2cn[nH]c(=O)c2Br)cc1OC. The molecule has 0 saturated heterocycles. The molecule has 2 N–H and O–H groups in total. The molecule has 0 aliphatic heterocycles. The largest absolute Gasteiger partial charge is 0.493 e. The topological polar surface area (TPSA) is 88.6 Å². The minimum absolute atomic E-state index is 0.331. The molecular weight excluding hydrogens is 352 g/mol. The third-order valence-corrected chi connectivity index (χ3v) is 3.47. The molecule has 0 atom stereocenters. The maximum Gasteiger partial charge on any atom is 0.280 e. The van der Waals surface area contributed by atoms with E-state index in [2.05, 4.69) is 36.7 Å². The van der Waals surface area contributed by atoms with Crippen molar-refractivity contribution >= 4 is 27.8 Å². The number of hydrogen-bond acceptors (Lipinski definition) is 6. The summed E-state index contributed by atoms with van der Waals surface area (Å²) in [4.78, 5) is 11.4. The van der Waals surface area contributed by atoms with Crippen LogP contribution in [0.2, 0.25) is 0 Å². The molecule has 0 unspecified atom stereocenters. The van der Waals surface area contributed by atoms with Crippen molar-refractivity contribution in [3.05, 3.63) is 44.8 Å². The standard InChI is InChI=1S/C14H15BrN4O3/c1-3-22-11-5-4-9(6-12(11)21-2)7-16-18-10-8-17-19-14(20)13(10)15/h4-8H,3H2,1-2H3,(H2,18,19,20). The highest BCUT2D eigenvalue weighted by atomic mass is 79.9. The van der Waals surface area contributed by atoms with Gasteiger partial charge in [0.25, 0.3) is 5.56 Å². The van der Waals surface area contributed by atoms with Crippen molar-refractivity contribution < 1.29 is 9.47 Å². The Bertz CT molecular complexity index is 730. The molecule has 7 nitrogen and oxygen atoms in total. The lowest BCUT2D eigenvalue weighted by molar-refractivity contribution is 0.311. The van der Waals surface area contributed by atoms with Gasteiger partial charge in [-0.25, -0.2) is 5.10 Å². The molecule has 0 fully saturated rings. The second-order valence-corrected chi connectivity index (χ2v) is 4.93. The van der Waals surface area contributed by atoms with Gasteiger partial charge in [-0.05, 0) is 46.6 Å². The van der Waals surface area contributed by atoms with Gasteiger partial charge >= 0.3 is 0 Å². The zero-order valence-corrected chi connectivity index (χ0v) is 13.7. The molecule has 116 valence electrons. The molecule has 0 saturated carbocycles. The summed E-state index contributed by atoms with van der Waals surface area (Å²) < 4.78 is 11.1. The molecule has 0 radical (unpaired) electrons. The summed E-state index contributed by atoms with van der Waals surface area (Å²) in [6.07, 6.45) is 3.06. The van der Waals surface area contributed by atoms with Crippen LogP contribution in [0.5, 0.6) is 11.5 Å². The van der Waals surface area contributed by atoms with Gasteiger partial charge in [-0.2, -0.15) is 10.2 Å². The number of methoxy groups -OCH3 is 1. The summed E-state index contributed by atoms with van der Waals surface area (Å²) in [6, 6.07) is 5.47. The maximum absolute atomic E-state index is 11.4. The summed E-state index contributed by atoms with van der Waals surface area (Å²) >= 11 is 3.16. The molecule has 1 aromatic carbocycles. The number of halogens is 1. The second kappa shape index (κ2) is 7.60. The van der Waals surface area contributed by atoms with Gasteiger partial charge in [0.2, 0.25) is 0 Å². The predicted molar refractivity (Wildman–Crippen MR) is 87.9 cm³/mol. The zero-order chi connectivity index (χ0) is 15.9. The van der Waals surface area contributed by atoms with Gasteiger partial charge in [0.15, 0.2) is 11.5 Å². The Morgan fingerprint density at radius 3 is 3.00 bits per heavy atom. The lowest BCUT2D eigenvalue weighted by atomic mass is 10.2. The van der Waals surface area contributed by atoms with Gasteiger partial charge in [-0.15, -0.1) is 0 Å². The van der Waals surface area contributed by atoms with Crippen LogP contribution < -0.4 is 20.5 Å². The molecule has 2 aromatic rings. The Morgan fingerprint density at radius 2 is 2.27 bits per heavy atom. The van der Waals surface area contributed by atoms with Crippen LogP contribution in [0.15, 0.2) is 38.8 Å². The van der Waals surface area contributed by atoms with E-state index in [0.29, 0.717) is 28.3 Å². The quantitative estimate of drug-likeness (QED) is 0.605. The number of hydrogen-bond donors (Lipinski definition) is 2. The van der Waals surface area contributed by atoms with Gasteiger partial charge in [-0.3, -0.25) is 10.2 Å². The van der Waals surface area contributed by atoms with Crippen molar-refractivity contribution in [2.24, 2.45) is 5.10 Å². The van der Waals surface area contributed by atoms with Gasteiger partial charge < -0.3 is 9.47 Å². The van der Waals surface area contributed by atoms with Crippen LogP contribution in [0.25, 0.3) is 0 Å². The van der Waals surface area contributed by atoms with E-state index in [1.807, 2.05) is 19.1 Å². The van der Waals surface area contributed by atoms with E-state index in [1.54, 1.807) is 19.4 Å². The molecule has 0 bridgehead atoms. The molecular formula is C14H15BrN4O3. The summed E-state index contributed by atoms with van der Waals surface area (Å²) in [6.45, 7) is 2.47. The van der Waals surface area contributed by atoms with Crippen molar-refractivity contribution in [2.45, 2.75) is 6.92 Å². The number of nitrogens with one attached hydrogen (secondary N) is 2. The summed E-state index contributed by atoms with van der Waals surface area (Å²) in [5.41, 5.74) is 3.71. The van der Waals surface area contributed by atoms with Gasteiger partial charge in [-0.1, -0.05) is 0 Å². The molecule has 1 heterocycles. The molecule has 0 aliphatic rings. The first-order valence-electron chi connectivity index (χ1n) is 6.48. The minimum atomic E-state index is -0.331. The lowest BCUT2D eigenvalue weighted by Crippen LogP contribution is -2.10. The minimum Gasteiger partial charge on any atom is -0.493 e. The zero-order valence-electron chi connectivity index (χ0n) is 12.1. The number of anilines is 1. The number of H-pyrrole nitrogens is 1. The summed E-state index contributed by atoms with van der Waals surface area (Å²) in [5, 5.41) is 10.1. The van der Waals surface area contributed by atoms with Gasteiger partial charge in [0, 0.05) is 0 Å². The number of aromatic nitrogens is 2. The van der Waals surface area contributed by atoms with Crippen LogP contribution in [0, 0.1) is 0 Å². The Morgan fingerprint density at radius 1 is 1.45 bits per heavy atom. The summed E-state index contributed by atoms with van der Waals surface area (Å²) in [5.74, 6) is 1.31. The third-order valence-electron chi connectivity index (χ3n) is 2.68. The van der Waals surface area contributed by atoms with Crippen LogP contribution in [0.4, 0.5) is 5.69 Å². The lowest BCUT2D eigenvalue weighted by Gasteiger charge is -2.09. The Labute approximate surface area is 135 Å². The van der Waals surface area contributed by atoms with Crippen LogP contribution in [-0.2, 0) is 0 Å². The van der Waals surface area contributed by atoms with E-state index in [4.69, 9.17) is 9.47 Å². The number of ether oxygens (including phenoxy) is 2. The highest BCUT2D eigenvalue weighted by Gasteiger charge is 2.05. The van der Waals surface area contributed by atoms with E-state index in [-0.39, 0.29) is 5.56 Å². The van der Waals surface area contributed by atoms with E-state index in [1.165, 1.54) is 6.20 Å². The van der Waals surface area contributed by atoms with E-state index in [9.17, 15) is 4.79 Å². The average Bonchev–Trinajstić information content (AvgIpc) is 2.53. The monoisotopic (exact) mass is 366 g/mol. The first-order chi connectivity index (χ1) is 10.7. The number of hydrazone groups is 1. The number of nitrogens with zero attached hydrogens (tertiary/aromatic N) is 2. The fourth-order valence-electron chi connectivity index (χ4n) is 1.68. The third kappa shape index (κ3) is 3.85. The van der Waals surface area contributed by atoms with E-state index >= 15 is 0 Å². The van der Waals surface area contributed by atoms with Crippen molar-refractivity contribution in [2.75, 3.05) is 19.1 Å². The van der Waals surface area contributed by atoms with Crippen LogP contribution in [0.3, 0.4) is 0 Å². The van der Waals surface area contributed by atoms with Crippen molar-refractivity contribution in [3.63, 3.8) is 0 Å². The van der Waals surface area contributed by atoms with E-state index < -0.39 is 0 Å². The smallest absolute Gasteiger partial charge is 0.280 e. The molecule has 0 aliphatic carbocycles.